The van der Waals surface area contributed by atoms with Gasteiger partial charge in [0.25, 0.3) is 0 Å². The van der Waals surface area contributed by atoms with E-state index in [0.717, 1.165) is 84.2 Å². The van der Waals surface area contributed by atoms with Gasteiger partial charge in [0.2, 0.25) is 0 Å². The quantitative estimate of drug-likeness (QED) is 0.205. The lowest BCUT2D eigenvalue weighted by Gasteiger charge is -2.04. The minimum Gasteiger partial charge on any atom is -0.400 e. The molecule has 0 aliphatic heterocycles. The summed E-state index contributed by atoms with van der Waals surface area (Å²) >= 11 is 0. The van der Waals surface area contributed by atoms with Crippen molar-refractivity contribution in [3.8, 4) is 0 Å². The summed E-state index contributed by atoms with van der Waals surface area (Å²) in [5, 5.41) is 42.5. The summed E-state index contributed by atoms with van der Waals surface area (Å²) in [4.78, 5) is 0. The van der Waals surface area contributed by atoms with Gasteiger partial charge in [0.1, 0.15) is 0 Å². The van der Waals surface area contributed by atoms with Gasteiger partial charge in [-0.3, -0.25) is 0 Å². The van der Waals surface area contributed by atoms with Gasteiger partial charge in [0.15, 0.2) is 0 Å². The van der Waals surface area contributed by atoms with Crippen LogP contribution in [-0.4, -0.2) is 87.3 Å². The van der Waals surface area contributed by atoms with Gasteiger partial charge in [-0.2, -0.15) is 0 Å². The minimum absolute atomic E-state index is 0.0694. The van der Waals surface area contributed by atoms with Gasteiger partial charge in [-0.1, -0.05) is 26.7 Å². The molecule has 5 saturated carbocycles. The highest BCUT2D eigenvalue weighted by Crippen LogP contribution is 2.18. The second-order valence-corrected chi connectivity index (χ2v) is 10.7. The molecule has 0 aromatic rings. The molecule has 0 spiro atoms. The largest absolute Gasteiger partial charge is 0.400 e. The van der Waals surface area contributed by atoms with Crippen LogP contribution in [0.25, 0.3) is 0 Å². The average Bonchev–Trinajstić information content (AvgIpc) is 3.76. The van der Waals surface area contributed by atoms with Crippen LogP contribution in [0.4, 0.5) is 0 Å². The highest BCUT2D eigenvalue weighted by atomic mass is 16.3. The fraction of sp³-hybridized carbons (Fsp3) is 1.00. The molecule has 0 radical (unpaired) electrons. The van der Waals surface area contributed by atoms with Crippen LogP contribution < -0.4 is 28.7 Å². The average molecular weight is 552 g/mol. The van der Waals surface area contributed by atoms with Crippen molar-refractivity contribution in [1.82, 2.24) is 0 Å². The van der Waals surface area contributed by atoms with Gasteiger partial charge in [-0.05, 0) is 89.9 Å². The second-order valence-electron chi connectivity index (χ2n) is 10.7. The maximum atomic E-state index is 8.87. The predicted octanol–water partition coefficient (Wildman–Crippen LogP) is 0.956. The Hall–Kier alpha value is -0.400. The number of hydrogen-bond donors (Lipinski definition) is 10. The topological polar surface area (TPSA) is 231 Å². The van der Waals surface area contributed by atoms with Crippen LogP contribution in [0.15, 0.2) is 0 Å². The molecule has 232 valence electrons. The molecule has 10 heteroatoms. The monoisotopic (exact) mass is 551 g/mol. The molecule has 0 unspecified atom stereocenters. The predicted molar refractivity (Wildman–Crippen MR) is 157 cm³/mol. The fourth-order valence-electron chi connectivity index (χ4n) is 4.83. The van der Waals surface area contributed by atoms with E-state index < -0.39 is 0 Å². The van der Waals surface area contributed by atoms with Gasteiger partial charge in [0.05, 0.1) is 24.4 Å². The first-order valence-corrected chi connectivity index (χ1v) is 15.1. The Kier molecular flexibility index (Phi) is 26.7. The Morgan fingerprint density at radius 2 is 0.579 bits per heavy atom. The van der Waals surface area contributed by atoms with Gasteiger partial charge in [-0.15, -0.1) is 0 Å². The van der Waals surface area contributed by atoms with Crippen LogP contribution in [0.3, 0.4) is 0 Å². The van der Waals surface area contributed by atoms with E-state index in [1.54, 1.807) is 0 Å². The van der Waals surface area contributed by atoms with Gasteiger partial charge < -0.3 is 54.2 Å². The van der Waals surface area contributed by atoms with Crippen LogP contribution in [0.5, 0.6) is 0 Å². The van der Waals surface area contributed by atoms with E-state index >= 15 is 0 Å². The molecule has 0 saturated heterocycles. The van der Waals surface area contributed by atoms with Crippen LogP contribution in [0.2, 0.25) is 0 Å². The third-order valence-corrected chi connectivity index (χ3v) is 7.53. The first-order chi connectivity index (χ1) is 18.1. The standard InChI is InChI=1S/4C5H11NO.C5H11N.C2H6.CH4O/c4*6-4-2-1-3-5(4)7;6-5-3-1-2-4-5;2*1-2/h4*4-5,7H,1-3,6H2;5H,1-4,6H2;1-2H3;2H,1H3/t2*4-,5+;2*4-,5-;;;/m1010.../s1. The van der Waals surface area contributed by atoms with E-state index in [-0.39, 0.29) is 48.6 Å². The van der Waals surface area contributed by atoms with E-state index in [9.17, 15) is 0 Å². The molecule has 8 atom stereocenters. The summed E-state index contributed by atoms with van der Waals surface area (Å²) < 4.78 is 0. The van der Waals surface area contributed by atoms with Crippen LogP contribution >= 0.6 is 0 Å². The van der Waals surface area contributed by atoms with Crippen LogP contribution in [0, 0.1) is 0 Å². The van der Waals surface area contributed by atoms with Crippen molar-refractivity contribution in [2.45, 2.75) is 171 Å². The Morgan fingerprint density at radius 3 is 0.632 bits per heavy atom. The molecule has 5 fully saturated rings. The first kappa shape index (κ1) is 39.7. The lowest BCUT2D eigenvalue weighted by molar-refractivity contribution is 0.165. The van der Waals surface area contributed by atoms with Crippen molar-refractivity contribution in [2.75, 3.05) is 7.11 Å². The second kappa shape index (κ2) is 25.6. The van der Waals surface area contributed by atoms with Crippen molar-refractivity contribution >= 4 is 0 Å². The van der Waals surface area contributed by atoms with Crippen LogP contribution in [0.1, 0.15) is 117 Å². The van der Waals surface area contributed by atoms with Crippen molar-refractivity contribution in [1.29, 1.82) is 0 Å². The van der Waals surface area contributed by atoms with Gasteiger partial charge in [0, 0.05) is 37.3 Å². The highest BCUT2D eigenvalue weighted by Gasteiger charge is 2.22. The molecular weight excluding hydrogens is 486 g/mol. The molecule has 0 aromatic carbocycles. The molecule has 15 N–H and O–H groups in total. The molecule has 38 heavy (non-hydrogen) atoms. The number of rotatable bonds is 0. The normalized spacial score (nSPS) is 35.3. The summed E-state index contributed by atoms with van der Waals surface area (Å²) in [6.07, 6.45) is 16.4. The fourth-order valence-corrected chi connectivity index (χ4v) is 4.83. The lowest BCUT2D eigenvalue weighted by atomic mass is 10.2. The highest BCUT2D eigenvalue weighted by molar-refractivity contribution is 4.80. The van der Waals surface area contributed by atoms with E-state index in [1.807, 2.05) is 13.8 Å². The zero-order valence-corrected chi connectivity index (χ0v) is 24.6. The maximum Gasteiger partial charge on any atom is 0.0691 e. The Bertz CT molecular complexity index is 398. The summed E-state index contributed by atoms with van der Waals surface area (Å²) in [7, 11) is 1.00. The minimum atomic E-state index is -0.208. The van der Waals surface area contributed by atoms with E-state index in [2.05, 4.69) is 0 Å². The zero-order chi connectivity index (χ0) is 29.5. The van der Waals surface area contributed by atoms with Gasteiger partial charge in [-0.25, -0.2) is 0 Å². The molecule has 0 heterocycles. The summed E-state index contributed by atoms with van der Waals surface area (Å²) in [5.41, 5.74) is 27.2. The number of aliphatic hydroxyl groups is 5. The van der Waals surface area contributed by atoms with Crippen molar-refractivity contribution in [3.63, 3.8) is 0 Å². The van der Waals surface area contributed by atoms with E-state index in [1.165, 1.54) is 25.7 Å². The maximum absolute atomic E-state index is 8.87. The molecule has 5 aliphatic rings. The number of hydrogen-bond acceptors (Lipinski definition) is 10. The van der Waals surface area contributed by atoms with Crippen molar-refractivity contribution in [2.24, 2.45) is 28.7 Å². The Morgan fingerprint density at radius 1 is 0.368 bits per heavy atom. The Balaban J connectivity index is 0. The number of aliphatic hydroxyl groups excluding tert-OH is 5. The SMILES string of the molecule is CC.CO.NC1CCCC1.N[C@@H]1CCC[C@@H]1O.N[C@@H]1CCC[C@H]1O.N[C@H]1CCC[C@@H]1O.N[C@H]1CCC[C@H]1O. The van der Waals surface area contributed by atoms with Crippen LogP contribution in [-0.2, 0) is 0 Å². The molecular formula is C28H65N5O5. The molecule has 0 amide bonds. The third kappa shape index (κ3) is 19.6. The zero-order valence-electron chi connectivity index (χ0n) is 24.6. The summed E-state index contributed by atoms with van der Waals surface area (Å²) in [5.74, 6) is 0. The van der Waals surface area contributed by atoms with Gasteiger partial charge >= 0.3 is 0 Å². The molecule has 0 aromatic heterocycles. The van der Waals surface area contributed by atoms with Crippen molar-refractivity contribution < 1.29 is 25.5 Å². The summed E-state index contributed by atoms with van der Waals surface area (Å²) in [6.45, 7) is 4.00. The lowest BCUT2D eigenvalue weighted by Crippen LogP contribution is -2.28. The van der Waals surface area contributed by atoms with E-state index in [0.29, 0.717) is 6.04 Å². The third-order valence-electron chi connectivity index (χ3n) is 7.53. The smallest absolute Gasteiger partial charge is 0.0691 e. The van der Waals surface area contributed by atoms with Crippen molar-refractivity contribution in [3.05, 3.63) is 0 Å². The molecule has 5 aliphatic carbocycles. The summed E-state index contributed by atoms with van der Waals surface area (Å²) in [6, 6.07) is 0.824. The first-order valence-electron chi connectivity index (χ1n) is 15.1. The Labute approximate surface area is 232 Å². The number of nitrogens with two attached hydrogens (primary N) is 5. The molecule has 5 rings (SSSR count). The van der Waals surface area contributed by atoms with E-state index in [4.69, 9.17) is 54.2 Å². The molecule has 0 bridgehead atoms. The molecule has 10 nitrogen and oxygen atoms in total.